The maximum absolute atomic E-state index is 6.03. The van der Waals surface area contributed by atoms with Crippen LogP contribution in [-0.4, -0.2) is 4.98 Å². The van der Waals surface area contributed by atoms with Crippen LogP contribution in [0, 0.1) is 0 Å². The molecule has 0 aliphatic rings. The van der Waals surface area contributed by atoms with Crippen molar-refractivity contribution in [2.75, 3.05) is 0 Å². The number of fused-ring (bicyclic) bond motifs is 1. The Bertz CT molecular complexity index is 450. The SMILES string of the molecule is CCc1nc2ccc(Cl)c(Cl)c2s1. The lowest BCUT2D eigenvalue weighted by Gasteiger charge is -1.93. The molecular formula is C9H7Cl2NS. The van der Waals surface area contributed by atoms with Gasteiger partial charge in [-0.2, -0.15) is 0 Å². The molecule has 0 fully saturated rings. The van der Waals surface area contributed by atoms with E-state index < -0.39 is 0 Å². The zero-order chi connectivity index (χ0) is 9.42. The van der Waals surface area contributed by atoms with Gasteiger partial charge < -0.3 is 0 Å². The third-order valence-corrected chi connectivity index (χ3v) is 3.95. The summed E-state index contributed by atoms with van der Waals surface area (Å²) in [7, 11) is 0. The fourth-order valence-corrected chi connectivity index (χ4v) is 2.56. The van der Waals surface area contributed by atoms with Gasteiger partial charge in [0.25, 0.3) is 0 Å². The maximum Gasteiger partial charge on any atom is 0.0936 e. The Hall–Kier alpha value is -0.310. The number of benzene rings is 1. The van der Waals surface area contributed by atoms with Crippen LogP contribution >= 0.6 is 34.5 Å². The zero-order valence-corrected chi connectivity index (χ0v) is 9.30. The van der Waals surface area contributed by atoms with Gasteiger partial charge in [-0.1, -0.05) is 30.1 Å². The van der Waals surface area contributed by atoms with E-state index in [9.17, 15) is 0 Å². The van der Waals surface area contributed by atoms with E-state index in [0.717, 1.165) is 21.6 Å². The molecule has 0 spiro atoms. The second-order valence-corrected chi connectivity index (χ2v) is 4.54. The topological polar surface area (TPSA) is 12.9 Å². The van der Waals surface area contributed by atoms with Gasteiger partial charge in [-0.05, 0) is 18.6 Å². The summed E-state index contributed by atoms with van der Waals surface area (Å²) in [5.74, 6) is 0. The predicted molar refractivity (Wildman–Crippen MR) is 59.0 cm³/mol. The van der Waals surface area contributed by atoms with Gasteiger partial charge in [0.1, 0.15) is 0 Å². The Kier molecular flexibility index (Phi) is 2.45. The monoisotopic (exact) mass is 231 g/mol. The van der Waals surface area contributed by atoms with Crippen molar-refractivity contribution in [2.45, 2.75) is 13.3 Å². The quantitative estimate of drug-likeness (QED) is 0.719. The number of nitrogens with zero attached hydrogens (tertiary/aromatic N) is 1. The van der Waals surface area contributed by atoms with Crippen LogP contribution in [0.3, 0.4) is 0 Å². The van der Waals surface area contributed by atoms with Crippen molar-refractivity contribution in [3.8, 4) is 0 Å². The highest BCUT2D eigenvalue weighted by atomic mass is 35.5. The van der Waals surface area contributed by atoms with Crippen molar-refractivity contribution in [1.82, 2.24) is 4.98 Å². The van der Waals surface area contributed by atoms with Gasteiger partial charge in [-0.3, -0.25) is 0 Å². The molecule has 0 aliphatic heterocycles. The van der Waals surface area contributed by atoms with E-state index in [1.165, 1.54) is 0 Å². The Labute approximate surface area is 90.3 Å². The summed E-state index contributed by atoms with van der Waals surface area (Å²) in [6.45, 7) is 2.08. The first-order chi connectivity index (χ1) is 6.22. The Morgan fingerprint density at radius 3 is 2.85 bits per heavy atom. The second-order valence-electron chi connectivity index (χ2n) is 2.67. The number of aryl methyl sites for hydroxylation is 1. The molecule has 0 bridgehead atoms. The number of hydrogen-bond donors (Lipinski definition) is 0. The highest BCUT2D eigenvalue weighted by molar-refractivity contribution is 7.19. The maximum atomic E-state index is 6.03. The molecule has 68 valence electrons. The lowest BCUT2D eigenvalue weighted by Crippen LogP contribution is -1.74. The van der Waals surface area contributed by atoms with Gasteiger partial charge in [-0.25, -0.2) is 4.98 Å². The van der Waals surface area contributed by atoms with Crippen molar-refractivity contribution in [1.29, 1.82) is 0 Å². The molecule has 1 aromatic carbocycles. The van der Waals surface area contributed by atoms with E-state index in [-0.39, 0.29) is 0 Å². The van der Waals surface area contributed by atoms with Gasteiger partial charge in [0.05, 0.1) is 25.3 Å². The van der Waals surface area contributed by atoms with Crippen molar-refractivity contribution in [2.24, 2.45) is 0 Å². The number of thiazole rings is 1. The highest BCUT2D eigenvalue weighted by Crippen LogP contribution is 2.34. The van der Waals surface area contributed by atoms with Gasteiger partial charge in [0, 0.05) is 0 Å². The predicted octanol–water partition coefficient (Wildman–Crippen LogP) is 4.17. The highest BCUT2D eigenvalue weighted by Gasteiger charge is 2.08. The normalized spacial score (nSPS) is 11.0. The Morgan fingerprint density at radius 1 is 1.38 bits per heavy atom. The van der Waals surface area contributed by atoms with Gasteiger partial charge in [-0.15, -0.1) is 11.3 Å². The molecule has 1 heterocycles. The Morgan fingerprint density at radius 2 is 2.15 bits per heavy atom. The molecule has 0 unspecified atom stereocenters. The van der Waals surface area contributed by atoms with Crippen LogP contribution in [0.1, 0.15) is 11.9 Å². The van der Waals surface area contributed by atoms with E-state index in [1.54, 1.807) is 17.4 Å². The molecule has 0 atom stereocenters. The van der Waals surface area contributed by atoms with Crippen LogP contribution in [-0.2, 0) is 6.42 Å². The molecule has 0 aliphatic carbocycles. The van der Waals surface area contributed by atoms with E-state index in [1.807, 2.05) is 6.07 Å². The summed E-state index contributed by atoms with van der Waals surface area (Å²) in [6, 6.07) is 3.69. The van der Waals surface area contributed by atoms with Crippen molar-refractivity contribution < 1.29 is 0 Å². The fraction of sp³-hybridized carbons (Fsp3) is 0.222. The standard InChI is InChI=1S/C9H7Cl2NS/c1-2-7-12-6-4-3-5(10)8(11)9(6)13-7/h3-4H,2H2,1H3. The van der Waals surface area contributed by atoms with Gasteiger partial charge in [0.15, 0.2) is 0 Å². The van der Waals surface area contributed by atoms with Crippen LogP contribution in [0.15, 0.2) is 12.1 Å². The third kappa shape index (κ3) is 1.54. The summed E-state index contributed by atoms with van der Waals surface area (Å²) >= 11 is 13.5. The number of aromatic nitrogens is 1. The number of rotatable bonds is 1. The minimum Gasteiger partial charge on any atom is -0.241 e. The summed E-state index contributed by atoms with van der Waals surface area (Å²) in [6.07, 6.45) is 0.938. The van der Waals surface area contributed by atoms with Crippen LogP contribution < -0.4 is 0 Å². The second kappa shape index (κ2) is 3.45. The molecule has 0 amide bonds. The summed E-state index contributed by atoms with van der Waals surface area (Å²) in [5.41, 5.74) is 0.941. The molecule has 2 aromatic rings. The minimum atomic E-state index is 0.598. The van der Waals surface area contributed by atoms with Crippen LogP contribution in [0.5, 0.6) is 0 Å². The summed E-state index contributed by atoms with van der Waals surface area (Å²) < 4.78 is 0.992. The molecular weight excluding hydrogens is 225 g/mol. The molecule has 2 rings (SSSR count). The Balaban J connectivity index is 2.76. The van der Waals surface area contributed by atoms with Crippen LogP contribution in [0.25, 0.3) is 10.2 Å². The molecule has 0 saturated heterocycles. The number of hydrogen-bond acceptors (Lipinski definition) is 2. The lowest BCUT2D eigenvalue weighted by atomic mass is 10.3. The van der Waals surface area contributed by atoms with Crippen molar-refractivity contribution >= 4 is 44.8 Å². The summed E-state index contributed by atoms with van der Waals surface area (Å²) in [5, 5.41) is 2.32. The number of halogens is 2. The molecule has 1 aromatic heterocycles. The largest absolute Gasteiger partial charge is 0.241 e. The van der Waals surface area contributed by atoms with E-state index in [0.29, 0.717) is 10.0 Å². The van der Waals surface area contributed by atoms with Crippen molar-refractivity contribution in [3.63, 3.8) is 0 Å². The van der Waals surface area contributed by atoms with Crippen LogP contribution in [0.2, 0.25) is 10.0 Å². The first-order valence-electron chi connectivity index (χ1n) is 3.95. The first-order valence-corrected chi connectivity index (χ1v) is 5.53. The van der Waals surface area contributed by atoms with Crippen LogP contribution in [0.4, 0.5) is 0 Å². The molecule has 1 nitrogen and oxygen atoms in total. The van der Waals surface area contributed by atoms with Crippen molar-refractivity contribution in [3.05, 3.63) is 27.2 Å². The zero-order valence-electron chi connectivity index (χ0n) is 6.97. The molecule has 0 saturated carbocycles. The first kappa shape index (κ1) is 9.25. The van der Waals surface area contributed by atoms with E-state index in [4.69, 9.17) is 23.2 Å². The van der Waals surface area contributed by atoms with Gasteiger partial charge in [0.2, 0.25) is 0 Å². The third-order valence-electron chi connectivity index (χ3n) is 1.80. The molecule has 4 heteroatoms. The minimum absolute atomic E-state index is 0.598. The smallest absolute Gasteiger partial charge is 0.0936 e. The average Bonchev–Trinajstić information content (AvgIpc) is 2.55. The summed E-state index contributed by atoms with van der Waals surface area (Å²) in [4.78, 5) is 4.41. The average molecular weight is 232 g/mol. The molecule has 0 radical (unpaired) electrons. The molecule has 13 heavy (non-hydrogen) atoms. The van der Waals surface area contributed by atoms with Gasteiger partial charge >= 0.3 is 0 Å². The fourth-order valence-electron chi connectivity index (χ4n) is 1.13. The lowest BCUT2D eigenvalue weighted by molar-refractivity contribution is 1.11. The van der Waals surface area contributed by atoms with E-state index >= 15 is 0 Å². The van der Waals surface area contributed by atoms with E-state index in [2.05, 4.69) is 11.9 Å². The molecule has 0 N–H and O–H groups in total.